The lowest BCUT2D eigenvalue weighted by molar-refractivity contribution is 0.320. The smallest absolute Gasteiger partial charge is 0.261 e. The van der Waals surface area contributed by atoms with E-state index in [4.69, 9.17) is 21.1 Å². The second-order valence-corrected chi connectivity index (χ2v) is 2.95. The molecule has 0 aliphatic carbocycles. The zero-order valence-corrected chi connectivity index (χ0v) is 10.2. The number of aromatic nitrogens is 2. The average molecular weight is 325 g/mol. The standard InChI is InChI=1S/C8H6ClIN2O2/c1-13-7-6(14-4-2-3-10)5-11-8(9)12-7/h5H,4H2,1H3. The van der Waals surface area contributed by atoms with Crippen molar-refractivity contribution in [2.45, 2.75) is 0 Å². The van der Waals surface area contributed by atoms with Gasteiger partial charge in [-0.2, -0.15) is 4.98 Å². The van der Waals surface area contributed by atoms with E-state index in [-0.39, 0.29) is 11.9 Å². The van der Waals surface area contributed by atoms with Crippen LogP contribution in [-0.4, -0.2) is 23.7 Å². The van der Waals surface area contributed by atoms with Gasteiger partial charge >= 0.3 is 0 Å². The monoisotopic (exact) mass is 324 g/mol. The van der Waals surface area contributed by atoms with Crippen LogP contribution in [0.2, 0.25) is 5.28 Å². The highest BCUT2D eigenvalue weighted by atomic mass is 127. The molecular formula is C8H6ClIN2O2. The van der Waals surface area contributed by atoms with Crippen molar-refractivity contribution in [2.24, 2.45) is 0 Å². The molecule has 0 aromatic carbocycles. The van der Waals surface area contributed by atoms with Gasteiger partial charge in [-0.05, 0) is 15.5 Å². The summed E-state index contributed by atoms with van der Waals surface area (Å²) in [7, 11) is 1.48. The van der Waals surface area contributed by atoms with Crippen molar-refractivity contribution in [3.8, 4) is 21.5 Å². The number of methoxy groups -OCH3 is 1. The van der Waals surface area contributed by atoms with Gasteiger partial charge in [0, 0.05) is 22.6 Å². The quantitative estimate of drug-likeness (QED) is 0.484. The maximum absolute atomic E-state index is 5.57. The van der Waals surface area contributed by atoms with Crippen LogP contribution in [0.4, 0.5) is 0 Å². The maximum atomic E-state index is 5.57. The van der Waals surface area contributed by atoms with Crippen LogP contribution in [0.15, 0.2) is 6.20 Å². The third kappa shape index (κ3) is 3.20. The lowest BCUT2D eigenvalue weighted by atomic mass is 10.5. The summed E-state index contributed by atoms with van der Waals surface area (Å²) in [4.78, 5) is 7.59. The molecule has 0 N–H and O–H groups in total. The first-order chi connectivity index (χ1) is 6.77. The van der Waals surface area contributed by atoms with Gasteiger partial charge in [0.2, 0.25) is 11.0 Å². The molecule has 0 radical (unpaired) electrons. The summed E-state index contributed by atoms with van der Waals surface area (Å²) in [5.41, 5.74) is 0. The Morgan fingerprint density at radius 1 is 1.64 bits per heavy atom. The number of rotatable bonds is 3. The third-order valence-electron chi connectivity index (χ3n) is 1.25. The van der Waals surface area contributed by atoms with Crippen molar-refractivity contribution in [3.05, 3.63) is 11.5 Å². The van der Waals surface area contributed by atoms with Crippen LogP contribution in [0.1, 0.15) is 0 Å². The predicted molar refractivity (Wildman–Crippen MR) is 60.9 cm³/mol. The van der Waals surface area contributed by atoms with Gasteiger partial charge in [0.1, 0.15) is 6.61 Å². The average Bonchev–Trinajstić information content (AvgIpc) is 2.20. The molecule has 0 fully saturated rings. The van der Waals surface area contributed by atoms with Crippen molar-refractivity contribution in [1.82, 2.24) is 9.97 Å². The predicted octanol–water partition coefficient (Wildman–Crippen LogP) is 1.91. The molecule has 1 rings (SSSR count). The molecule has 6 heteroatoms. The molecule has 0 unspecified atom stereocenters. The van der Waals surface area contributed by atoms with Crippen molar-refractivity contribution in [3.63, 3.8) is 0 Å². The van der Waals surface area contributed by atoms with Gasteiger partial charge < -0.3 is 9.47 Å². The highest BCUT2D eigenvalue weighted by Crippen LogP contribution is 2.23. The number of halogens is 2. The molecule has 1 heterocycles. The minimum Gasteiger partial charge on any atom is -0.478 e. The summed E-state index contributed by atoms with van der Waals surface area (Å²) in [6.07, 6.45) is 1.45. The van der Waals surface area contributed by atoms with E-state index in [1.54, 1.807) is 0 Å². The lowest BCUT2D eigenvalue weighted by Crippen LogP contribution is -1.99. The van der Waals surface area contributed by atoms with Gasteiger partial charge in [-0.25, -0.2) is 4.98 Å². The number of hydrogen-bond donors (Lipinski definition) is 0. The van der Waals surface area contributed by atoms with Gasteiger partial charge in [0.05, 0.1) is 13.3 Å². The fourth-order valence-corrected chi connectivity index (χ4v) is 1.00. The van der Waals surface area contributed by atoms with Gasteiger partial charge in [-0.15, -0.1) is 0 Å². The Hall–Kier alpha value is -0.740. The lowest BCUT2D eigenvalue weighted by Gasteiger charge is -2.05. The Morgan fingerprint density at radius 2 is 2.43 bits per heavy atom. The molecule has 14 heavy (non-hydrogen) atoms. The fourth-order valence-electron chi connectivity index (χ4n) is 0.721. The topological polar surface area (TPSA) is 44.2 Å². The molecule has 1 aromatic rings. The van der Waals surface area contributed by atoms with E-state index in [0.29, 0.717) is 11.6 Å². The second kappa shape index (κ2) is 5.88. The minimum absolute atomic E-state index is 0.120. The first-order valence-electron chi connectivity index (χ1n) is 3.55. The largest absolute Gasteiger partial charge is 0.478 e. The molecule has 0 amide bonds. The third-order valence-corrected chi connectivity index (χ3v) is 1.82. The molecular weight excluding hydrogens is 318 g/mol. The Balaban J connectivity index is 2.78. The van der Waals surface area contributed by atoms with Crippen LogP contribution in [0, 0.1) is 9.85 Å². The first kappa shape index (κ1) is 11.3. The number of nitrogens with zero attached hydrogens (tertiary/aromatic N) is 2. The van der Waals surface area contributed by atoms with E-state index >= 15 is 0 Å². The highest BCUT2D eigenvalue weighted by molar-refractivity contribution is 14.1. The molecule has 74 valence electrons. The van der Waals surface area contributed by atoms with Crippen LogP contribution >= 0.6 is 34.2 Å². The molecule has 0 aliphatic heterocycles. The Morgan fingerprint density at radius 3 is 3.07 bits per heavy atom. The van der Waals surface area contributed by atoms with E-state index in [9.17, 15) is 0 Å². The molecule has 0 spiro atoms. The molecule has 0 aliphatic rings. The van der Waals surface area contributed by atoms with Crippen LogP contribution in [-0.2, 0) is 0 Å². The normalized spacial score (nSPS) is 8.79. The molecule has 1 aromatic heterocycles. The van der Waals surface area contributed by atoms with Crippen molar-refractivity contribution in [1.29, 1.82) is 0 Å². The van der Waals surface area contributed by atoms with E-state index in [1.807, 2.05) is 22.6 Å². The number of hydrogen-bond acceptors (Lipinski definition) is 4. The van der Waals surface area contributed by atoms with E-state index in [0.717, 1.165) is 0 Å². The molecule has 0 saturated carbocycles. The van der Waals surface area contributed by atoms with E-state index in [1.165, 1.54) is 13.3 Å². The highest BCUT2D eigenvalue weighted by Gasteiger charge is 2.06. The second-order valence-electron chi connectivity index (χ2n) is 2.07. The SMILES string of the molecule is COc1nc(Cl)ncc1OCC#CI. The Bertz CT molecular complexity index is 375. The minimum atomic E-state index is 0.120. The van der Waals surface area contributed by atoms with Gasteiger partial charge in [0.15, 0.2) is 0 Å². The Labute approximate surface area is 100 Å². The summed E-state index contributed by atoms with van der Waals surface area (Å²) >= 11 is 7.50. The zero-order valence-electron chi connectivity index (χ0n) is 7.25. The van der Waals surface area contributed by atoms with Crippen LogP contribution in [0.25, 0.3) is 0 Å². The van der Waals surface area contributed by atoms with Gasteiger partial charge in [-0.1, -0.05) is 5.92 Å². The van der Waals surface area contributed by atoms with Crippen LogP contribution < -0.4 is 9.47 Å². The molecule has 0 bridgehead atoms. The summed E-state index contributed by atoms with van der Waals surface area (Å²) in [5.74, 6) is 3.47. The maximum Gasteiger partial charge on any atom is 0.261 e. The summed E-state index contributed by atoms with van der Waals surface area (Å²) in [6.45, 7) is 0.268. The molecule has 0 saturated heterocycles. The first-order valence-corrected chi connectivity index (χ1v) is 5.01. The van der Waals surface area contributed by atoms with Crippen molar-refractivity contribution < 1.29 is 9.47 Å². The molecule has 4 nitrogen and oxygen atoms in total. The van der Waals surface area contributed by atoms with Gasteiger partial charge in [0.25, 0.3) is 5.88 Å². The van der Waals surface area contributed by atoms with E-state index in [2.05, 4.69) is 19.8 Å². The summed E-state index contributed by atoms with van der Waals surface area (Å²) in [5, 5.41) is 0.120. The zero-order chi connectivity index (χ0) is 10.4. The van der Waals surface area contributed by atoms with Crippen LogP contribution in [0.3, 0.4) is 0 Å². The number of ether oxygens (including phenoxy) is 2. The Kier molecular flexibility index (Phi) is 4.76. The fraction of sp³-hybridized carbons (Fsp3) is 0.250. The van der Waals surface area contributed by atoms with Crippen molar-refractivity contribution in [2.75, 3.05) is 13.7 Å². The van der Waals surface area contributed by atoms with Crippen molar-refractivity contribution >= 4 is 34.2 Å². The molecule has 0 atom stereocenters. The van der Waals surface area contributed by atoms with Crippen LogP contribution in [0.5, 0.6) is 11.6 Å². The van der Waals surface area contributed by atoms with Gasteiger partial charge in [-0.3, -0.25) is 0 Å². The summed E-state index contributed by atoms with van der Waals surface area (Å²) < 4.78 is 12.9. The van der Waals surface area contributed by atoms with E-state index < -0.39 is 0 Å². The summed E-state index contributed by atoms with van der Waals surface area (Å²) in [6, 6.07) is 0.